The molecule has 0 spiro atoms. The molecule has 0 aromatic carbocycles. The van der Waals surface area contributed by atoms with Crippen molar-refractivity contribution in [1.82, 2.24) is 0 Å². The Morgan fingerprint density at radius 1 is 1.00 bits per heavy atom. The van der Waals surface area contributed by atoms with Gasteiger partial charge in [0.2, 0.25) is 0 Å². The van der Waals surface area contributed by atoms with Crippen LogP contribution in [0.5, 0.6) is 0 Å². The number of hydrogen-bond donors (Lipinski definition) is 0. The van der Waals surface area contributed by atoms with Crippen LogP contribution in [-0.4, -0.2) is 0 Å². The largest absolute Gasteiger partial charge is 0.0654 e. The molecule has 0 aromatic rings. The summed E-state index contributed by atoms with van der Waals surface area (Å²) in [4.78, 5) is 0. The molecule has 0 aromatic heterocycles. The van der Waals surface area contributed by atoms with Gasteiger partial charge in [-0.05, 0) is 29.6 Å². The zero-order valence-electron chi connectivity index (χ0n) is 12.1. The summed E-state index contributed by atoms with van der Waals surface area (Å²) in [7, 11) is 0. The van der Waals surface area contributed by atoms with E-state index in [4.69, 9.17) is 0 Å². The highest BCUT2D eigenvalue weighted by atomic mass is 14.3. The van der Waals surface area contributed by atoms with Gasteiger partial charge in [-0.2, -0.15) is 0 Å². The Labute approximate surface area is 97.8 Å². The second kappa shape index (κ2) is 6.55. The average Bonchev–Trinajstić information content (AvgIpc) is 2.12. The molecule has 0 bridgehead atoms. The number of rotatable bonds is 7. The molecule has 0 saturated heterocycles. The fourth-order valence-electron chi connectivity index (χ4n) is 2.49. The minimum Gasteiger partial charge on any atom is -0.0654 e. The SMILES string of the molecule is CCCC(CC)C(C)CC(C)(C)C(C)C. The molecule has 0 fully saturated rings. The maximum Gasteiger partial charge on any atom is -0.0329 e. The molecule has 0 heterocycles. The molecule has 0 radical (unpaired) electrons. The summed E-state index contributed by atoms with van der Waals surface area (Å²) in [5, 5.41) is 0. The van der Waals surface area contributed by atoms with Gasteiger partial charge < -0.3 is 0 Å². The Hall–Kier alpha value is 0. The van der Waals surface area contributed by atoms with Gasteiger partial charge >= 0.3 is 0 Å². The Kier molecular flexibility index (Phi) is 6.55. The molecule has 0 nitrogen and oxygen atoms in total. The first-order valence-corrected chi connectivity index (χ1v) is 6.85. The zero-order chi connectivity index (χ0) is 12.1. The fraction of sp³-hybridized carbons (Fsp3) is 1.00. The van der Waals surface area contributed by atoms with E-state index in [1.54, 1.807) is 0 Å². The minimum atomic E-state index is 0.501. The molecule has 2 atom stereocenters. The van der Waals surface area contributed by atoms with Crippen molar-refractivity contribution >= 4 is 0 Å². The summed E-state index contributed by atoms with van der Waals surface area (Å²) in [6.45, 7) is 16.7. The molecule has 2 unspecified atom stereocenters. The van der Waals surface area contributed by atoms with Crippen molar-refractivity contribution in [2.24, 2.45) is 23.2 Å². The van der Waals surface area contributed by atoms with Gasteiger partial charge in [0.1, 0.15) is 0 Å². The summed E-state index contributed by atoms with van der Waals surface area (Å²) in [6, 6.07) is 0. The van der Waals surface area contributed by atoms with Gasteiger partial charge in [-0.15, -0.1) is 0 Å². The molecule has 0 rings (SSSR count). The van der Waals surface area contributed by atoms with E-state index < -0.39 is 0 Å². The molecule has 0 aliphatic carbocycles. The smallest absolute Gasteiger partial charge is 0.0329 e. The fourth-order valence-corrected chi connectivity index (χ4v) is 2.49. The lowest BCUT2D eigenvalue weighted by atomic mass is 9.71. The standard InChI is InChI=1S/C15H32/c1-8-10-14(9-2)13(5)11-15(6,7)12(3)4/h12-14H,8-11H2,1-7H3. The van der Waals surface area contributed by atoms with Crippen LogP contribution >= 0.6 is 0 Å². The highest BCUT2D eigenvalue weighted by Gasteiger charge is 2.27. The van der Waals surface area contributed by atoms with Crippen LogP contribution in [0.4, 0.5) is 0 Å². The van der Waals surface area contributed by atoms with E-state index in [9.17, 15) is 0 Å². The van der Waals surface area contributed by atoms with Crippen LogP contribution in [0.2, 0.25) is 0 Å². The second-order valence-electron chi connectivity index (χ2n) is 6.28. The van der Waals surface area contributed by atoms with E-state index in [0.29, 0.717) is 5.41 Å². The van der Waals surface area contributed by atoms with Crippen molar-refractivity contribution in [3.8, 4) is 0 Å². The van der Waals surface area contributed by atoms with E-state index in [1.165, 1.54) is 25.7 Å². The predicted molar refractivity (Wildman–Crippen MR) is 71.1 cm³/mol. The van der Waals surface area contributed by atoms with Gasteiger partial charge in [0.15, 0.2) is 0 Å². The summed E-state index contributed by atoms with van der Waals surface area (Å²) in [5.74, 6) is 2.61. The van der Waals surface area contributed by atoms with Crippen LogP contribution in [0.3, 0.4) is 0 Å². The van der Waals surface area contributed by atoms with Gasteiger partial charge in [-0.25, -0.2) is 0 Å². The van der Waals surface area contributed by atoms with Gasteiger partial charge in [-0.3, -0.25) is 0 Å². The Morgan fingerprint density at radius 2 is 1.53 bits per heavy atom. The Bertz CT molecular complexity index is 155. The molecule has 0 aliphatic rings. The van der Waals surface area contributed by atoms with Crippen molar-refractivity contribution in [3.63, 3.8) is 0 Å². The predicted octanol–water partition coefficient (Wildman–Crippen LogP) is 5.52. The molecule has 0 amide bonds. The van der Waals surface area contributed by atoms with Crippen LogP contribution in [-0.2, 0) is 0 Å². The molecule has 0 heteroatoms. The van der Waals surface area contributed by atoms with Gasteiger partial charge in [0.25, 0.3) is 0 Å². The molecule has 0 saturated carbocycles. The lowest BCUT2D eigenvalue weighted by Crippen LogP contribution is -2.25. The van der Waals surface area contributed by atoms with Gasteiger partial charge in [0.05, 0.1) is 0 Å². The van der Waals surface area contributed by atoms with Crippen LogP contribution in [0, 0.1) is 23.2 Å². The number of hydrogen-bond acceptors (Lipinski definition) is 0. The normalized spacial score (nSPS) is 16.8. The third-order valence-electron chi connectivity index (χ3n) is 4.40. The molecule has 0 N–H and O–H groups in total. The lowest BCUT2D eigenvalue weighted by Gasteiger charge is -2.35. The highest BCUT2D eigenvalue weighted by Crippen LogP contribution is 2.37. The Balaban J connectivity index is 4.25. The van der Waals surface area contributed by atoms with E-state index in [1.807, 2.05) is 0 Å². The first-order valence-electron chi connectivity index (χ1n) is 6.85. The van der Waals surface area contributed by atoms with E-state index in [2.05, 4.69) is 48.5 Å². The maximum atomic E-state index is 2.45. The molecule has 15 heavy (non-hydrogen) atoms. The van der Waals surface area contributed by atoms with Crippen LogP contribution < -0.4 is 0 Å². The van der Waals surface area contributed by atoms with Crippen molar-refractivity contribution < 1.29 is 0 Å². The first kappa shape index (κ1) is 15.0. The lowest BCUT2D eigenvalue weighted by molar-refractivity contribution is 0.156. The quantitative estimate of drug-likeness (QED) is 0.521. The summed E-state index contributed by atoms with van der Waals surface area (Å²) >= 11 is 0. The monoisotopic (exact) mass is 212 g/mol. The van der Waals surface area contributed by atoms with Crippen LogP contribution in [0.15, 0.2) is 0 Å². The van der Waals surface area contributed by atoms with E-state index in [0.717, 1.165) is 17.8 Å². The van der Waals surface area contributed by atoms with Crippen molar-refractivity contribution in [2.75, 3.05) is 0 Å². The third kappa shape index (κ3) is 5.04. The highest BCUT2D eigenvalue weighted by molar-refractivity contribution is 4.77. The van der Waals surface area contributed by atoms with Crippen molar-refractivity contribution in [2.45, 2.75) is 74.1 Å². The third-order valence-corrected chi connectivity index (χ3v) is 4.40. The summed E-state index contributed by atoms with van der Waals surface area (Å²) in [5.41, 5.74) is 0.501. The summed E-state index contributed by atoms with van der Waals surface area (Å²) < 4.78 is 0. The van der Waals surface area contributed by atoms with E-state index in [-0.39, 0.29) is 0 Å². The van der Waals surface area contributed by atoms with Gasteiger partial charge in [0, 0.05) is 0 Å². The summed E-state index contributed by atoms with van der Waals surface area (Å²) in [6.07, 6.45) is 5.48. The Morgan fingerprint density at radius 3 is 1.87 bits per heavy atom. The first-order chi connectivity index (χ1) is 6.85. The van der Waals surface area contributed by atoms with Crippen LogP contribution in [0.1, 0.15) is 74.1 Å². The van der Waals surface area contributed by atoms with Crippen molar-refractivity contribution in [1.29, 1.82) is 0 Å². The molecule has 0 aliphatic heterocycles. The second-order valence-corrected chi connectivity index (χ2v) is 6.28. The van der Waals surface area contributed by atoms with Gasteiger partial charge in [-0.1, -0.05) is 67.7 Å². The topological polar surface area (TPSA) is 0 Å². The molecule has 92 valence electrons. The average molecular weight is 212 g/mol. The van der Waals surface area contributed by atoms with E-state index >= 15 is 0 Å². The zero-order valence-corrected chi connectivity index (χ0v) is 12.1. The molecular formula is C15H32. The maximum absolute atomic E-state index is 2.45. The minimum absolute atomic E-state index is 0.501. The van der Waals surface area contributed by atoms with Crippen LogP contribution in [0.25, 0.3) is 0 Å². The van der Waals surface area contributed by atoms with Crippen molar-refractivity contribution in [3.05, 3.63) is 0 Å². The molecular weight excluding hydrogens is 180 g/mol.